The van der Waals surface area contributed by atoms with Gasteiger partial charge in [-0.2, -0.15) is 0 Å². The minimum Gasteiger partial charge on any atom is -0.394 e. The molecule has 1 aliphatic heterocycles. The molecule has 4 nitrogen and oxygen atoms in total. The number of carbonyl (C=O) groups excluding carboxylic acids is 1. The molecule has 1 aromatic rings. The minimum absolute atomic E-state index is 0.0783. The zero-order valence-corrected chi connectivity index (χ0v) is 9.80. The lowest BCUT2D eigenvalue weighted by molar-refractivity contribution is 0.191. The summed E-state index contributed by atoms with van der Waals surface area (Å²) in [5, 5.41) is 12.2. The van der Waals surface area contributed by atoms with Crippen LogP contribution in [0.5, 0.6) is 0 Å². The van der Waals surface area contributed by atoms with Gasteiger partial charge in [-0.1, -0.05) is 30.3 Å². The number of aliphatic hydroxyl groups excluding tert-OH is 1. The predicted molar refractivity (Wildman–Crippen MR) is 65.6 cm³/mol. The lowest BCUT2D eigenvalue weighted by atomic mass is 10.1. The molecule has 1 aliphatic rings. The first-order valence-corrected chi connectivity index (χ1v) is 6.02. The van der Waals surface area contributed by atoms with Gasteiger partial charge in [0.1, 0.15) is 0 Å². The normalized spacial score (nSPS) is 16.9. The quantitative estimate of drug-likeness (QED) is 0.833. The van der Waals surface area contributed by atoms with E-state index >= 15 is 0 Å². The number of rotatable bonds is 3. The first-order chi connectivity index (χ1) is 8.31. The van der Waals surface area contributed by atoms with Gasteiger partial charge in [0.15, 0.2) is 0 Å². The standard InChI is InChI=1S/C13H18N2O2/c16-10-12(11-6-2-1-3-7-11)14-13(17)15-8-4-5-9-15/h1-3,6-7,12,16H,4-5,8-10H2,(H,14,17)/t12-/m1/s1. The van der Waals surface area contributed by atoms with Crippen LogP contribution >= 0.6 is 0 Å². The van der Waals surface area contributed by atoms with E-state index in [2.05, 4.69) is 5.32 Å². The van der Waals surface area contributed by atoms with E-state index in [0.717, 1.165) is 31.5 Å². The summed E-state index contributed by atoms with van der Waals surface area (Å²) in [5.41, 5.74) is 0.933. The highest BCUT2D eigenvalue weighted by atomic mass is 16.3. The van der Waals surface area contributed by atoms with Crippen LogP contribution < -0.4 is 5.32 Å². The molecule has 2 amide bonds. The molecule has 2 rings (SSSR count). The van der Waals surface area contributed by atoms with Crippen molar-refractivity contribution in [2.24, 2.45) is 0 Å². The van der Waals surface area contributed by atoms with Crippen LogP contribution in [0.1, 0.15) is 24.4 Å². The predicted octanol–water partition coefficient (Wildman–Crippen LogP) is 1.53. The van der Waals surface area contributed by atoms with E-state index in [1.807, 2.05) is 30.3 Å². The SMILES string of the molecule is O=C(N[C@H](CO)c1ccccc1)N1CCCC1. The first-order valence-electron chi connectivity index (χ1n) is 6.02. The third kappa shape index (κ3) is 2.97. The van der Waals surface area contributed by atoms with Crippen molar-refractivity contribution < 1.29 is 9.90 Å². The molecule has 2 N–H and O–H groups in total. The molecule has 0 spiro atoms. The fourth-order valence-electron chi connectivity index (χ4n) is 2.08. The number of hydrogen-bond donors (Lipinski definition) is 2. The fraction of sp³-hybridized carbons (Fsp3) is 0.462. The zero-order valence-electron chi connectivity index (χ0n) is 9.80. The molecule has 1 aromatic carbocycles. The Kier molecular flexibility index (Phi) is 3.98. The number of urea groups is 1. The summed E-state index contributed by atoms with van der Waals surface area (Å²) in [5.74, 6) is 0. The van der Waals surface area contributed by atoms with Gasteiger partial charge in [0, 0.05) is 13.1 Å². The van der Waals surface area contributed by atoms with Gasteiger partial charge in [0.05, 0.1) is 12.6 Å². The van der Waals surface area contributed by atoms with Crippen molar-refractivity contribution in [3.63, 3.8) is 0 Å². The molecule has 0 radical (unpaired) electrons. The fourth-order valence-corrected chi connectivity index (χ4v) is 2.08. The molecule has 0 unspecified atom stereocenters. The van der Waals surface area contributed by atoms with Gasteiger partial charge in [0.2, 0.25) is 0 Å². The van der Waals surface area contributed by atoms with Crippen LogP contribution in [-0.2, 0) is 0 Å². The van der Waals surface area contributed by atoms with Crippen LogP contribution in [0.4, 0.5) is 4.79 Å². The highest BCUT2D eigenvalue weighted by molar-refractivity contribution is 5.75. The van der Waals surface area contributed by atoms with Crippen LogP contribution in [0.25, 0.3) is 0 Å². The van der Waals surface area contributed by atoms with Gasteiger partial charge in [-0.25, -0.2) is 4.79 Å². The van der Waals surface area contributed by atoms with E-state index in [0.29, 0.717) is 0 Å². The number of hydrogen-bond acceptors (Lipinski definition) is 2. The van der Waals surface area contributed by atoms with Gasteiger partial charge < -0.3 is 15.3 Å². The van der Waals surface area contributed by atoms with Gasteiger partial charge in [0.25, 0.3) is 0 Å². The third-order valence-electron chi connectivity index (χ3n) is 3.08. The third-order valence-corrected chi connectivity index (χ3v) is 3.08. The molecule has 1 fully saturated rings. The first kappa shape index (κ1) is 11.9. The van der Waals surface area contributed by atoms with Gasteiger partial charge in [-0.15, -0.1) is 0 Å². The second-order valence-electron chi connectivity index (χ2n) is 4.29. The smallest absolute Gasteiger partial charge is 0.317 e. The Morgan fingerprint density at radius 2 is 1.94 bits per heavy atom. The molecule has 1 saturated heterocycles. The number of amides is 2. The van der Waals surface area contributed by atoms with Crippen LogP contribution in [0, 0.1) is 0 Å². The summed E-state index contributed by atoms with van der Waals surface area (Å²) in [6.45, 7) is 1.56. The molecule has 4 heteroatoms. The average Bonchev–Trinajstić information content (AvgIpc) is 2.90. The van der Waals surface area contributed by atoms with E-state index in [9.17, 15) is 9.90 Å². The Balaban J connectivity index is 1.97. The number of likely N-dealkylation sites (tertiary alicyclic amines) is 1. The van der Waals surface area contributed by atoms with Gasteiger partial charge in [-0.05, 0) is 18.4 Å². The van der Waals surface area contributed by atoms with Crippen LogP contribution in [0.3, 0.4) is 0 Å². The van der Waals surface area contributed by atoms with Crippen molar-refractivity contribution in [2.75, 3.05) is 19.7 Å². The lowest BCUT2D eigenvalue weighted by Crippen LogP contribution is -2.41. The van der Waals surface area contributed by atoms with E-state index < -0.39 is 0 Å². The Morgan fingerprint density at radius 3 is 2.53 bits per heavy atom. The Morgan fingerprint density at radius 1 is 1.29 bits per heavy atom. The number of nitrogens with one attached hydrogen (secondary N) is 1. The summed E-state index contributed by atoms with van der Waals surface area (Å²) in [4.78, 5) is 13.7. The maximum absolute atomic E-state index is 11.9. The molecular formula is C13H18N2O2. The number of aliphatic hydroxyl groups is 1. The summed E-state index contributed by atoms with van der Waals surface area (Å²) in [6, 6.07) is 9.14. The topological polar surface area (TPSA) is 52.6 Å². The Labute approximate surface area is 101 Å². The highest BCUT2D eigenvalue weighted by Crippen LogP contribution is 2.14. The largest absolute Gasteiger partial charge is 0.394 e. The molecule has 0 bridgehead atoms. The minimum atomic E-state index is -0.315. The maximum Gasteiger partial charge on any atom is 0.317 e. The van der Waals surface area contributed by atoms with E-state index in [1.165, 1.54) is 0 Å². The average molecular weight is 234 g/mol. The van der Waals surface area contributed by atoms with Crippen molar-refractivity contribution in [3.05, 3.63) is 35.9 Å². The number of benzene rings is 1. The van der Waals surface area contributed by atoms with Crippen LogP contribution in [-0.4, -0.2) is 35.7 Å². The van der Waals surface area contributed by atoms with E-state index in [-0.39, 0.29) is 18.7 Å². The van der Waals surface area contributed by atoms with Crippen molar-refractivity contribution in [2.45, 2.75) is 18.9 Å². The molecule has 0 aliphatic carbocycles. The van der Waals surface area contributed by atoms with E-state index in [1.54, 1.807) is 4.90 Å². The molecule has 17 heavy (non-hydrogen) atoms. The molecule has 0 saturated carbocycles. The zero-order chi connectivity index (χ0) is 12.1. The maximum atomic E-state index is 11.9. The van der Waals surface area contributed by atoms with Gasteiger partial charge in [-0.3, -0.25) is 0 Å². The monoisotopic (exact) mass is 234 g/mol. The lowest BCUT2D eigenvalue weighted by Gasteiger charge is -2.22. The van der Waals surface area contributed by atoms with Crippen molar-refractivity contribution in [3.8, 4) is 0 Å². The second-order valence-corrected chi connectivity index (χ2v) is 4.29. The van der Waals surface area contributed by atoms with Crippen molar-refractivity contribution in [1.29, 1.82) is 0 Å². The molecule has 0 aromatic heterocycles. The molecule has 92 valence electrons. The molecular weight excluding hydrogens is 216 g/mol. The molecule has 1 heterocycles. The van der Waals surface area contributed by atoms with Gasteiger partial charge >= 0.3 is 6.03 Å². The van der Waals surface area contributed by atoms with E-state index in [4.69, 9.17) is 0 Å². The second kappa shape index (κ2) is 5.68. The van der Waals surface area contributed by atoms with Crippen LogP contribution in [0.15, 0.2) is 30.3 Å². The molecule has 1 atom stereocenters. The highest BCUT2D eigenvalue weighted by Gasteiger charge is 2.21. The summed E-state index contributed by atoms with van der Waals surface area (Å²) in [6.07, 6.45) is 2.14. The number of carbonyl (C=O) groups is 1. The summed E-state index contributed by atoms with van der Waals surface area (Å²) >= 11 is 0. The van der Waals surface area contributed by atoms with Crippen molar-refractivity contribution >= 4 is 6.03 Å². The Bertz CT molecular complexity index is 361. The summed E-state index contributed by atoms with van der Waals surface area (Å²) in [7, 11) is 0. The van der Waals surface area contributed by atoms with Crippen molar-refractivity contribution in [1.82, 2.24) is 10.2 Å². The number of nitrogens with zero attached hydrogens (tertiary/aromatic N) is 1. The summed E-state index contributed by atoms with van der Waals surface area (Å²) < 4.78 is 0. The van der Waals surface area contributed by atoms with Crippen LogP contribution in [0.2, 0.25) is 0 Å². The Hall–Kier alpha value is -1.55.